The van der Waals surface area contributed by atoms with E-state index >= 15 is 0 Å². The van der Waals surface area contributed by atoms with Crippen molar-refractivity contribution in [3.63, 3.8) is 0 Å². The number of para-hydroxylation sites is 1. The molecule has 3 nitrogen and oxygen atoms in total. The van der Waals surface area contributed by atoms with E-state index < -0.39 is 0 Å². The van der Waals surface area contributed by atoms with Gasteiger partial charge in [-0.2, -0.15) is 0 Å². The average Bonchev–Trinajstić information content (AvgIpc) is 2.95. The predicted molar refractivity (Wildman–Crippen MR) is 163 cm³/mol. The zero-order chi connectivity index (χ0) is 26.5. The number of hydrogen-bond acceptors (Lipinski definition) is 3. The third-order valence-electron chi connectivity index (χ3n) is 7.90. The monoisotopic (exact) mass is 503 g/mol. The largest absolute Gasteiger partial charge is 0.310 e. The molecule has 1 N–H and O–H groups in total. The van der Waals surface area contributed by atoms with Crippen LogP contribution in [0.5, 0.6) is 0 Å². The maximum Gasteiger partial charge on any atom is 0.0820 e. The van der Waals surface area contributed by atoms with E-state index in [1.807, 2.05) is 6.21 Å². The van der Waals surface area contributed by atoms with Crippen molar-refractivity contribution in [3.8, 4) is 11.3 Å². The lowest BCUT2D eigenvalue weighted by atomic mass is 9.93. The first-order valence-corrected chi connectivity index (χ1v) is 14.4. The Bertz CT molecular complexity index is 1380. The van der Waals surface area contributed by atoms with Gasteiger partial charge in [-0.1, -0.05) is 108 Å². The molecule has 1 fully saturated rings. The molecule has 1 aromatic heterocycles. The fourth-order valence-corrected chi connectivity index (χ4v) is 5.78. The number of pyridine rings is 1. The molecule has 0 amide bonds. The molecule has 1 aliphatic rings. The van der Waals surface area contributed by atoms with Crippen molar-refractivity contribution >= 4 is 22.7 Å². The molecule has 0 saturated heterocycles. The highest BCUT2D eigenvalue weighted by molar-refractivity contribution is 5.98. The van der Waals surface area contributed by atoms with E-state index in [1.165, 1.54) is 65.1 Å². The highest BCUT2D eigenvalue weighted by atomic mass is 14.9. The number of rotatable bonds is 8. The minimum atomic E-state index is 0.412. The summed E-state index contributed by atoms with van der Waals surface area (Å²) < 4.78 is 0. The summed E-state index contributed by atoms with van der Waals surface area (Å²) >= 11 is 0. The van der Waals surface area contributed by atoms with Gasteiger partial charge in [0.25, 0.3) is 0 Å². The van der Waals surface area contributed by atoms with Crippen LogP contribution in [0.25, 0.3) is 22.0 Å². The van der Waals surface area contributed by atoms with Gasteiger partial charge in [-0.3, -0.25) is 4.99 Å². The molecule has 0 atom stereocenters. The zero-order valence-electron chi connectivity index (χ0n) is 23.4. The maximum absolute atomic E-state index is 5.14. The van der Waals surface area contributed by atoms with Crippen molar-refractivity contribution in [3.05, 3.63) is 95.2 Å². The molecule has 4 aromatic rings. The molecule has 3 heteroatoms. The van der Waals surface area contributed by atoms with E-state index in [4.69, 9.17) is 9.98 Å². The predicted octanol–water partition coefficient (Wildman–Crippen LogP) is 9.32. The van der Waals surface area contributed by atoms with Gasteiger partial charge >= 0.3 is 0 Å². The molecule has 38 heavy (non-hydrogen) atoms. The fraction of sp³-hybridized carbons (Fsp3) is 0.371. The first-order valence-electron chi connectivity index (χ1n) is 14.4. The smallest absolute Gasteiger partial charge is 0.0820 e. The van der Waals surface area contributed by atoms with Crippen LogP contribution < -0.4 is 5.32 Å². The van der Waals surface area contributed by atoms with Crippen molar-refractivity contribution in [2.24, 2.45) is 4.99 Å². The fourth-order valence-electron chi connectivity index (χ4n) is 5.78. The molecule has 3 aromatic carbocycles. The molecule has 0 aliphatic heterocycles. The van der Waals surface area contributed by atoms with Crippen molar-refractivity contribution < 1.29 is 0 Å². The van der Waals surface area contributed by atoms with Crippen LogP contribution >= 0.6 is 0 Å². The Kier molecular flexibility index (Phi) is 8.34. The molecule has 0 spiro atoms. The minimum absolute atomic E-state index is 0.412. The second kappa shape index (κ2) is 12.0. The van der Waals surface area contributed by atoms with Gasteiger partial charge in [0.2, 0.25) is 0 Å². The third-order valence-corrected chi connectivity index (χ3v) is 7.90. The Hall–Kier alpha value is -3.30. The minimum Gasteiger partial charge on any atom is -0.310 e. The van der Waals surface area contributed by atoms with Gasteiger partial charge in [0.1, 0.15) is 0 Å². The number of aromatic nitrogens is 1. The summed E-state index contributed by atoms with van der Waals surface area (Å²) in [5.74, 6) is 0.824. The van der Waals surface area contributed by atoms with E-state index in [1.54, 1.807) is 0 Å². The Morgan fingerprint density at radius 1 is 0.816 bits per heavy atom. The lowest BCUT2D eigenvalue weighted by Gasteiger charge is -2.24. The lowest BCUT2D eigenvalue weighted by molar-refractivity contribution is 0.372. The van der Waals surface area contributed by atoms with Gasteiger partial charge in [-0.25, -0.2) is 4.98 Å². The van der Waals surface area contributed by atoms with E-state index in [2.05, 4.69) is 106 Å². The summed E-state index contributed by atoms with van der Waals surface area (Å²) in [5, 5.41) is 6.35. The van der Waals surface area contributed by atoms with E-state index in [9.17, 15) is 0 Å². The Balaban J connectivity index is 1.52. The molecule has 0 bridgehead atoms. The van der Waals surface area contributed by atoms with Crippen LogP contribution in [0.2, 0.25) is 0 Å². The maximum atomic E-state index is 5.14. The standard InChI is InChI=1S/C35H41N3/c1-24(2)30-17-11-18-31(25(3)4)35(30)37-23-29-15-10-19-33(38-29)34-27(22-36-28-13-6-5-7-14-28)21-20-26-12-8-9-16-32(26)34/h8-12,15-21,23-25,28,36H,5-7,13-14,22H2,1-4H3. The molecular formula is C35H41N3. The topological polar surface area (TPSA) is 37.3 Å². The number of fused-ring (bicyclic) bond motifs is 1. The van der Waals surface area contributed by atoms with Crippen molar-refractivity contribution in [1.82, 2.24) is 10.3 Å². The molecule has 0 unspecified atom stereocenters. The SMILES string of the molecule is CC(C)c1cccc(C(C)C)c1N=Cc1cccc(-c2c(CNC3CCCCC3)ccc3ccccc23)n1. The summed E-state index contributed by atoms with van der Waals surface area (Å²) in [4.78, 5) is 10.2. The normalized spacial score (nSPS) is 14.8. The highest BCUT2D eigenvalue weighted by Crippen LogP contribution is 2.35. The van der Waals surface area contributed by atoms with Crippen LogP contribution in [0.1, 0.15) is 94.0 Å². The second-order valence-electron chi connectivity index (χ2n) is 11.3. The first kappa shape index (κ1) is 26.3. The van der Waals surface area contributed by atoms with Crippen molar-refractivity contribution in [1.29, 1.82) is 0 Å². The Labute approximate surface area is 228 Å². The highest BCUT2D eigenvalue weighted by Gasteiger charge is 2.16. The van der Waals surface area contributed by atoms with E-state index in [-0.39, 0.29) is 0 Å². The van der Waals surface area contributed by atoms with Gasteiger partial charge in [0.15, 0.2) is 0 Å². The van der Waals surface area contributed by atoms with Crippen molar-refractivity contribution in [2.45, 2.75) is 84.2 Å². The van der Waals surface area contributed by atoms with E-state index in [0.717, 1.165) is 23.6 Å². The summed E-state index contributed by atoms with van der Waals surface area (Å²) in [6.45, 7) is 9.81. The third kappa shape index (κ3) is 5.89. The van der Waals surface area contributed by atoms with Gasteiger partial charge < -0.3 is 5.32 Å². The number of aliphatic imine (C=N–C) groups is 1. The van der Waals surface area contributed by atoms with Crippen molar-refractivity contribution in [2.75, 3.05) is 0 Å². The second-order valence-corrected chi connectivity index (χ2v) is 11.3. The first-order chi connectivity index (χ1) is 18.5. The average molecular weight is 504 g/mol. The van der Waals surface area contributed by atoms with Crippen LogP contribution in [0.15, 0.2) is 77.8 Å². The lowest BCUT2D eigenvalue weighted by Crippen LogP contribution is -2.30. The van der Waals surface area contributed by atoms with Crippen LogP contribution in [0.3, 0.4) is 0 Å². The molecule has 196 valence electrons. The summed E-state index contributed by atoms with van der Waals surface area (Å²) in [6, 6.07) is 26.7. The van der Waals surface area contributed by atoms with E-state index in [0.29, 0.717) is 17.9 Å². The molecule has 1 heterocycles. The van der Waals surface area contributed by atoms with Gasteiger partial charge in [0, 0.05) is 18.2 Å². The molecule has 5 rings (SSSR count). The number of nitrogens with zero attached hydrogens (tertiary/aromatic N) is 2. The Morgan fingerprint density at radius 2 is 1.53 bits per heavy atom. The summed E-state index contributed by atoms with van der Waals surface area (Å²) in [5.41, 5.74) is 8.09. The van der Waals surface area contributed by atoms with Crippen LogP contribution in [0, 0.1) is 0 Å². The van der Waals surface area contributed by atoms with Gasteiger partial charge in [-0.05, 0) is 64.3 Å². The number of benzene rings is 3. The van der Waals surface area contributed by atoms with Gasteiger partial charge in [-0.15, -0.1) is 0 Å². The van der Waals surface area contributed by atoms with Crippen LogP contribution in [0.4, 0.5) is 5.69 Å². The quantitative estimate of drug-likeness (QED) is 0.243. The molecular weight excluding hydrogens is 462 g/mol. The molecule has 0 radical (unpaired) electrons. The van der Waals surface area contributed by atoms with Crippen LogP contribution in [-0.4, -0.2) is 17.2 Å². The Morgan fingerprint density at radius 3 is 2.26 bits per heavy atom. The zero-order valence-corrected chi connectivity index (χ0v) is 23.4. The number of hydrogen-bond donors (Lipinski definition) is 1. The summed E-state index contributed by atoms with van der Waals surface area (Å²) in [7, 11) is 0. The molecule has 1 aliphatic carbocycles. The molecule has 1 saturated carbocycles. The van der Waals surface area contributed by atoms with Gasteiger partial charge in [0.05, 0.1) is 23.3 Å². The summed E-state index contributed by atoms with van der Waals surface area (Å²) in [6.07, 6.45) is 8.56. The van der Waals surface area contributed by atoms with Crippen LogP contribution in [-0.2, 0) is 6.54 Å². The number of nitrogens with one attached hydrogen (secondary N) is 1.